The number of nitrogens with one attached hydrogen (secondary N) is 2. The third-order valence-corrected chi connectivity index (χ3v) is 3.14. The number of benzene rings is 1. The topological polar surface area (TPSA) is 84.3 Å². The number of hydrogen-bond donors (Lipinski definition) is 2. The molecule has 0 spiro atoms. The van der Waals surface area contributed by atoms with Gasteiger partial charge in [0.25, 0.3) is 5.91 Å². The minimum atomic E-state index is -0.518. The zero-order valence-corrected chi connectivity index (χ0v) is 12.1. The van der Waals surface area contributed by atoms with Gasteiger partial charge in [-0.15, -0.1) is 0 Å². The Morgan fingerprint density at radius 3 is 2.65 bits per heavy atom. The van der Waals surface area contributed by atoms with Crippen molar-refractivity contribution in [2.45, 2.75) is 27.2 Å². The Hall–Kier alpha value is -2.11. The molecule has 0 aliphatic carbocycles. The van der Waals surface area contributed by atoms with Gasteiger partial charge in [0, 0.05) is 13.1 Å². The highest BCUT2D eigenvalue weighted by atomic mass is 16.6. The van der Waals surface area contributed by atoms with E-state index in [9.17, 15) is 14.9 Å². The Bertz CT molecular complexity index is 489. The second kappa shape index (κ2) is 7.47. The van der Waals surface area contributed by atoms with Crippen molar-refractivity contribution >= 4 is 17.3 Å². The zero-order chi connectivity index (χ0) is 15.1. The summed E-state index contributed by atoms with van der Waals surface area (Å²) in [6.07, 6.45) is 0.944. The van der Waals surface area contributed by atoms with Crippen LogP contribution in [0.15, 0.2) is 18.2 Å². The fraction of sp³-hybridized carbons (Fsp3) is 0.500. The molecular formula is C14H21N3O3. The predicted octanol–water partition coefficient (Wildman–Crippen LogP) is 2.80. The van der Waals surface area contributed by atoms with Gasteiger partial charge in [0.05, 0.1) is 4.92 Å². The molecule has 1 aromatic rings. The molecule has 0 aromatic heterocycles. The number of rotatable bonds is 7. The number of amides is 1. The van der Waals surface area contributed by atoms with E-state index in [2.05, 4.69) is 10.6 Å². The predicted molar refractivity (Wildman–Crippen MR) is 79.0 cm³/mol. The van der Waals surface area contributed by atoms with Gasteiger partial charge in [-0.05, 0) is 25.0 Å². The van der Waals surface area contributed by atoms with E-state index in [4.69, 9.17) is 0 Å². The number of nitrogens with zero attached hydrogens (tertiary/aromatic N) is 1. The van der Waals surface area contributed by atoms with Crippen LogP contribution in [0.5, 0.6) is 0 Å². The first-order valence-electron chi connectivity index (χ1n) is 6.80. The van der Waals surface area contributed by atoms with Crippen LogP contribution >= 0.6 is 0 Å². The van der Waals surface area contributed by atoms with Crippen LogP contribution in [0.1, 0.15) is 37.6 Å². The van der Waals surface area contributed by atoms with E-state index < -0.39 is 10.8 Å². The van der Waals surface area contributed by atoms with Gasteiger partial charge in [-0.1, -0.05) is 26.3 Å². The van der Waals surface area contributed by atoms with Crippen LogP contribution in [0, 0.1) is 16.0 Å². The van der Waals surface area contributed by atoms with E-state index in [0.717, 1.165) is 6.42 Å². The standard InChI is InChI=1S/C14H21N3O3/c1-4-10(3)9-16-14(18)11-7-6-8-12(15-5-2)13(11)17(19)20/h6-8,10,15H,4-5,9H2,1-3H3,(H,16,18). The van der Waals surface area contributed by atoms with Gasteiger partial charge in [-0.3, -0.25) is 14.9 Å². The molecule has 20 heavy (non-hydrogen) atoms. The maximum atomic E-state index is 12.1. The zero-order valence-electron chi connectivity index (χ0n) is 12.1. The van der Waals surface area contributed by atoms with Gasteiger partial charge in [0.1, 0.15) is 11.3 Å². The van der Waals surface area contributed by atoms with Crippen LogP contribution in [0.2, 0.25) is 0 Å². The Labute approximate surface area is 118 Å². The van der Waals surface area contributed by atoms with Gasteiger partial charge in [-0.25, -0.2) is 0 Å². The molecule has 0 aliphatic rings. The maximum absolute atomic E-state index is 12.1. The van der Waals surface area contributed by atoms with Crippen LogP contribution < -0.4 is 10.6 Å². The summed E-state index contributed by atoms with van der Waals surface area (Å²) in [5, 5.41) is 16.9. The van der Waals surface area contributed by atoms with Crippen LogP contribution in [-0.4, -0.2) is 23.9 Å². The Morgan fingerprint density at radius 2 is 2.10 bits per heavy atom. The van der Waals surface area contributed by atoms with E-state index in [0.29, 0.717) is 24.7 Å². The summed E-state index contributed by atoms with van der Waals surface area (Å²) in [6.45, 7) is 6.96. The SMILES string of the molecule is CCNc1cccc(C(=O)NCC(C)CC)c1[N+](=O)[O-]. The largest absolute Gasteiger partial charge is 0.380 e. The van der Waals surface area contributed by atoms with Gasteiger partial charge >= 0.3 is 5.69 Å². The lowest BCUT2D eigenvalue weighted by Crippen LogP contribution is -2.28. The number of carbonyl (C=O) groups is 1. The first kappa shape index (κ1) is 15.9. The van der Waals surface area contributed by atoms with Crippen molar-refractivity contribution in [3.63, 3.8) is 0 Å². The van der Waals surface area contributed by atoms with E-state index >= 15 is 0 Å². The van der Waals surface area contributed by atoms with Crippen molar-refractivity contribution in [1.82, 2.24) is 5.32 Å². The minimum Gasteiger partial charge on any atom is -0.380 e. The van der Waals surface area contributed by atoms with Crippen molar-refractivity contribution in [2.75, 3.05) is 18.4 Å². The number of carbonyl (C=O) groups excluding carboxylic acids is 1. The van der Waals surface area contributed by atoms with Crippen molar-refractivity contribution in [3.05, 3.63) is 33.9 Å². The number of para-hydroxylation sites is 1. The second-order valence-electron chi connectivity index (χ2n) is 4.71. The molecule has 110 valence electrons. The number of nitro benzene ring substituents is 1. The molecule has 1 amide bonds. The van der Waals surface area contributed by atoms with Crippen molar-refractivity contribution in [2.24, 2.45) is 5.92 Å². The fourth-order valence-corrected chi connectivity index (χ4v) is 1.76. The summed E-state index contributed by atoms with van der Waals surface area (Å²) >= 11 is 0. The van der Waals surface area contributed by atoms with Crippen molar-refractivity contribution in [3.8, 4) is 0 Å². The van der Waals surface area contributed by atoms with Gasteiger partial charge in [0.2, 0.25) is 0 Å². The third kappa shape index (κ3) is 3.94. The first-order chi connectivity index (χ1) is 9.51. The number of hydrogen-bond acceptors (Lipinski definition) is 4. The molecule has 1 rings (SSSR count). The Balaban J connectivity index is 3.01. The summed E-state index contributed by atoms with van der Waals surface area (Å²) in [7, 11) is 0. The molecule has 0 heterocycles. The van der Waals surface area contributed by atoms with E-state index in [1.165, 1.54) is 6.07 Å². The maximum Gasteiger partial charge on any atom is 0.305 e. The van der Waals surface area contributed by atoms with Crippen LogP contribution in [0.25, 0.3) is 0 Å². The molecule has 2 N–H and O–H groups in total. The van der Waals surface area contributed by atoms with E-state index in [1.807, 2.05) is 20.8 Å². The summed E-state index contributed by atoms with van der Waals surface area (Å²) in [5.74, 6) is -0.0632. The number of anilines is 1. The first-order valence-corrected chi connectivity index (χ1v) is 6.80. The quantitative estimate of drug-likeness (QED) is 0.593. The summed E-state index contributed by atoms with van der Waals surface area (Å²) < 4.78 is 0. The number of nitro groups is 1. The lowest BCUT2D eigenvalue weighted by atomic mass is 10.1. The highest BCUT2D eigenvalue weighted by Gasteiger charge is 2.24. The third-order valence-electron chi connectivity index (χ3n) is 3.14. The Kier molecular flexibility index (Phi) is 5.96. The molecule has 0 saturated heterocycles. The molecule has 6 nitrogen and oxygen atoms in total. The van der Waals surface area contributed by atoms with Crippen LogP contribution in [0.3, 0.4) is 0 Å². The van der Waals surface area contributed by atoms with Crippen molar-refractivity contribution < 1.29 is 9.72 Å². The summed E-state index contributed by atoms with van der Waals surface area (Å²) in [4.78, 5) is 22.8. The lowest BCUT2D eigenvalue weighted by molar-refractivity contribution is -0.384. The average molecular weight is 279 g/mol. The minimum absolute atomic E-state index is 0.0942. The monoisotopic (exact) mass is 279 g/mol. The average Bonchev–Trinajstić information content (AvgIpc) is 2.44. The van der Waals surface area contributed by atoms with Crippen molar-refractivity contribution in [1.29, 1.82) is 0 Å². The lowest BCUT2D eigenvalue weighted by Gasteiger charge is -2.12. The highest BCUT2D eigenvalue weighted by molar-refractivity contribution is 6.00. The molecule has 0 aliphatic heterocycles. The Morgan fingerprint density at radius 1 is 1.40 bits per heavy atom. The van der Waals surface area contributed by atoms with Gasteiger partial charge in [0.15, 0.2) is 0 Å². The molecule has 1 aromatic carbocycles. The fourth-order valence-electron chi connectivity index (χ4n) is 1.76. The summed E-state index contributed by atoms with van der Waals surface area (Å²) in [6, 6.07) is 4.72. The molecular weight excluding hydrogens is 258 g/mol. The van der Waals surface area contributed by atoms with E-state index in [1.54, 1.807) is 12.1 Å². The van der Waals surface area contributed by atoms with Gasteiger partial charge in [-0.2, -0.15) is 0 Å². The van der Waals surface area contributed by atoms with Crippen LogP contribution in [-0.2, 0) is 0 Å². The highest BCUT2D eigenvalue weighted by Crippen LogP contribution is 2.28. The van der Waals surface area contributed by atoms with Gasteiger partial charge < -0.3 is 10.6 Å². The summed E-state index contributed by atoms with van der Waals surface area (Å²) in [5.41, 5.74) is 0.293. The molecule has 0 bridgehead atoms. The smallest absolute Gasteiger partial charge is 0.305 e. The van der Waals surface area contributed by atoms with E-state index in [-0.39, 0.29) is 11.3 Å². The normalized spacial score (nSPS) is 11.8. The van der Waals surface area contributed by atoms with Crippen LogP contribution in [0.4, 0.5) is 11.4 Å². The molecule has 1 unspecified atom stereocenters. The molecule has 1 atom stereocenters. The molecule has 6 heteroatoms. The molecule has 0 saturated carbocycles. The second-order valence-corrected chi connectivity index (χ2v) is 4.71. The molecule has 0 radical (unpaired) electrons. The molecule has 0 fully saturated rings.